The molecule has 1 unspecified atom stereocenters. The summed E-state index contributed by atoms with van der Waals surface area (Å²) in [6.07, 6.45) is 2.73. The van der Waals surface area contributed by atoms with Crippen molar-refractivity contribution in [2.45, 2.75) is 38.5 Å². The maximum atomic E-state index is 14.9. The number of piperidine rings is 2. The van der Waals surface area contributed by atoms with Gasteiger partial charge in [-0.1, -0.05) is 13.0 Å². The molecule has 0 bridgehead atoms. The number of piperazine rings is 1. The second-order valence-corrected chi connectivity index (χ2v) is 9.35. The largest absolute Gasteiger partial charge is 0.367 e. The molecule has 2 amide bonds. The van der Waals surface area contributed by atoms with E-state index in [1.807, 2.05) is 6.07 Å². The van der Waals surface area contributed by atoms with Crippen LogP contribution in [-0.2, 0) is 9.59 Å². The van der Waals surface area contributed by atoms with Crippen LogP contribution >= 0.6 is 0 Å². The standard InChI is InChI=1S/C23H32FN5O3/c1-16(17-6-8-29(26-32)9-7-17)15-27-10-12-28(13-11-27)21-4-2-18(14-20(21)24)19-3-5-22(30)25-23(19)31/h2,4,14,16-17,19H,3,5-13,15H2,1H3,(H,25,30,31)/t16-,19?/m0/s1. The fourth-order valence-electron chi connectivity index (χ4n) is 5.27. The Kier molecular flexibility index (Phi) is 7.03. The van der Waals surface area contributed by atoms with Crippen molar-refractivity contribution in [1.29, 1.82) is 0 Å². The lowest BCUT2D eigenvalue weighted by atomic mass is 9.85. The molecule has 4 rings (SSSR count). The van der Waals surface area contributed by atoms with Gasteiger partial charge in [0, 0.05) is 52.2 Å². The molecule has 8 nitrogen and oxygen atoms in total. The number of hydrogen-bond donors (Lipinski definition) is 1. The van der Waals surface area contributed by atoms with Crippen LogP contribution in [0.3, 0.4) is 0 Å². The van der Waals surface area contributed by atoms with E-state index in [2.05, 4.69) is 27.3 Å². The summed E-state index contributed by atoms with van der Waals surface area (Å²) in [5, 5.41) is 6.99. The lowest BCUT2D eigenvalue weighted by molar-refractivity contribution is -0.134. The number of carbonyl (C=O) groups excluding carboxylic acids is 2. The third-order valence-electron chi connectivity index (χ3n) is 7.31. The Hall–Kier alpha value is -2.55. The first-order valence-electron chi connectivity index (χ1n) is 11.6. The van der Waals surface area contributed by atoms with Crippen LogP contribution in [0, 0.1) is 22.6 Å². The number of anilines is 1. The SMILES string of the molecule is C[C@@H](CN1CCN(c2ccc(C3CCC(=O)NC3=O)cc2F)CC1)C1CCN(N=O)CC1. The normalized spacial score (nSPS) is 24.4. The maximum absolute atomic E-state index is 14.9. The highest BCUT2D eigenvalue weighted by Crippen LogP contribution is 2.30. The fraction of sp³-hybridized carbons (Fsp3) is 0.652. The quantitative estimate of drug-likeness (QED) is 0.535. The van der Waals surface area contributed by atoms with Crippen molar-refractivity contribution in [2.75, 3.05) is 50.7 Å². The zero-order chi connectivity index (χ0) is 22.7. The van der Waals surface area contributed by atoms with Crippen molar-refractivity contribution < 1.29 is 14.0 Å². The van der Waals surface area contributed by atoms with Crippen LogP contribution in [0.1, 0.15) is 44.1 Å². The third-order valence-corrected chi connectivity index (χ3v) is 7.31. The number of nitroso groups, excluding NO2 is 1. The minimum absolute atomic E-state index is 0.265. The third kappa shape index (κ3) is 5.09. The Labute approximate surface area is 188 Å². The van der Waals surface area contributed by atoms with Gasteiger partial charge in [0.15, 0.2) is 0 Å². The Balaban J connectivity index is 1.29. The first kappa shape index (κ1) is 22.6. The highest BCUT2D eigenvalue weighted by molar-refractivity contribution is 6.00. The molecule has 3 heterocycles. The number of nitrogens with zero attached hydrogens (tertiary/aromatic N) is 4. The van der Waals surface area contributed by atoms with Gasteiger partial charge in [0.2, 0.25) is 11.8 Å². The van der Waals surface area contributed by atoms with Crippen LogP contribution in [0.15, 0.2) is 23.5 Å². The van der Waals surface area contributed by atoms with E-state index in [-0.39, 0.29) is 24.1 Å². The van der Waals surface area contributed by atoms with E-state index in [0.717, 1.165) is 58.7 Å². The number of imide groups is 1. The summed E-state index contributed by atoms with van der Waals surface area (Å²) in [5.74, 6) is -0.222. The Morgan fingerprint density at radius 1 is 1.09 bits per heavy atom. The molecule has 1 aromatic carbocycles. The van der Waals surface area contributed by atoms with Crippen molar-refractivity contribution in [1.82, 2.24) is 15.2 Å². The molecule has 3 aliphatic heterocycles. The highest BCUT2D eigenvalue weighted by atomic mass is 19.1. The maximum Gasteiger partial charge on any atom is 0.234 e. The molecule has 3 saturated heterocycles. The molecule has 174 valence electrons. The van der Waals surface area contributed by atoms with Crippen LogP contribution in [-0.4, -0.2) is 67.5 Å². The molecule has 32 heavy (non-hydrogen) atoms. The van der Waals surface area contributed by atoms with Crippen molar-refractivity contribution >= 4 is 17.5 Å². The number of carbonyl (C=O) groups is 2. The van der Waals surface area contributed by atoms with Gasteiger partial charge in [-0.2, -0.15) is 0 Å². The summed E-state index contributed by atoms with van der Waals surface area (Å²) in [5.41, 5.74) is 1.20. The zero-order valence-corrected chi connectivity index (χ0v) is 18.6. The number of nitrogens with one attached hydrogen (secondary N) is 1. The molecule has 2 atom stereocenters. The fourth-order valence-corrected chi connectivity index (χ4v) is 5.27. The molecule has 0 aromatic heterocycles. The summed E-state index contributed by atoms with van der Waals surface area (Å²) >= 11 is 0. The van der Waals surface area contributed by atoms with E-state index in [1.54, 1.807) is 11.1 Å². The predicted octanol–water partition coefficient (Wildman–Crippen LogP) is 2.50. The van der Waals surface area contributed by atoms with E-state index in [9.17, 15) is 18.9 Å². The van der Waals surface area contributed by atoms with Gasteiger partial charge in [-0.05, 0) is 48.8 Å². The van der Waals surface area contributed by atoms with Gasteiger partial charge in [-0.15, -0.1) is 4.91 Å². The number of hydrogen-bond acceptors (Lipinski definition) is 6. The van der Waals surface area contributed by atoms with Gasteiger partial charge in [0.1, 0.15) is 5.82 Å². The number of amides is 2. The molecular weight excluding hydrogens is 413 g/mol. The Morgan fingerprint density at radius 2 is 1.81 bits per heavy atom. The number of halogens is 1. The minimum Gasteiger partial charge on any atom is -0.367 e. The summed E-state index contributed by atoms with van der Waals surface area (Å²) in [6, 6.07) is 5.03. The van der Waals surface area contributed by atoms with Gasteiger partial charge in [0.25, 0.3) is 0 Å². The lowest BCUT2D eigenvalue weighted by Gasteiger charge is -2.39. The summed E-state index contributed by atoms with van der Waals surface area (Å²) in [6.45, 7) is 8.09. The van der Waals surface area contributed by atoms with Crippen LogP contribution in [0.2, 0.25) is 0 Å². The van der Waals surface area contributed by atoms with Crippen LogP contribution in [0.25, 0.3) is 0 Å². The molecular formula is C23H32FN5O3. The molecule has 1 N–H and O–H groups in total. The molecule has 0 radical (unpaired) electrons. The van der Waals surface area contributed by atoms with Crippen molar-refractivity contribution in [3.63, 3.8) is 0 Å². The topological polar surface area (TPSA) is 85.3 Å². The van der Waals surface area contributed by atoms with E-state index in [1.165, 1.54) is 6.07 Å². The summed E-state index contributed by atoms with van der Waals surface area (Å²) in [4.78, 5) is 38.6. The summed E-state index contributed by atoms with van der Waals surface area (Å²) < 4.78 is 14.9. The van der Waals surface area contributed by atoms with E-state index >= 15 is 0 Å². The van der Waals surface area contributed by atoms with Gasteiger partial charge < -0.3 is 4.90 Å². The predicted molar refractivity (Wildman–Crippen MR) is 119 cm³/mol. The first-order valence-corrected chi connectivity index (χ1v) is 11.6. The van der Waals surface area contributed by atoms with Gasteiger partial charge in [0.05, 0.1) is 16.9 Å². The van der Waals surface area contributed by atoms with Gasteiger partial charge >= 0.3 is 0 Å². The van der Waals surface area contributed by atoms with Crippen LogP contribution in [0.4, 0.5) is 10.1 Å². The Bertz CT molecular complexity index is 850. The number of benzene rings is 1. The number of rotatable bonds is 6. The molecule has 0 saturated carbocycles. The molecule has 0 spiro atoms. The van der Waals surface area contributed by atoms with Crippen LogP contribution < -0.4 is 10.2 Å². The lowest BCUT2D eigenvalue weighted by Crippen LogP contribution is -2.48. The average Bonchev–Trinajstić information content (AvgIpc) is 2.80. The van der Waals surface area contributed by atoms with Crippen molar-refractivity contribution in [3.05, 3.63) is 34.5 Å². The summed E-state index contributed by atoms with van der Waals surface area (Å²) in [7, 11) is 0. The van der Waals surface area contributed by atoms with Crippen molar-refractivity contribution in [2.24, 2.45) is 17.1 Å². The van der Waals surface area contributed by atoms with E-state index in [0.29, 0.717) is 29.5 Å². The first-order chi connectivity index (χ1) is 15.4. The molecule has 3 aliphatic rings. The van der Waals surface area contributed by atoms with Crippen LogP contribution in [0.5, 0.6) is 0 Å². The van der Waals surface area contributed by atoms with E-state index < -0.39 is 5.92 Å². The minimum atomic E-state index is -0.469. The molecule has 1 aromatic rings. The molecule has 0 aliphatic carbocycles. The molecule has 3 fully saturated rings. The smallest absolute Gasteiger partial charge is 0.234 e. The van der Waals surface area contributed by atoms with Gasteiger partial charge in [-0.3, -0.25) is 24.8 Å². The second-order valence-electron chi connectivity index (χ2n) is 9.35. The zero-order valence-electron chi connectivity index (χ0n) is 18.6. The van der Waals surface area contributed by atoms with E-state index in [4.69, 9.17) is 0 Å². The second kappa shape index (κ2) is 9.94. The van der Waals surface area contributed by atoms with Crippen molar-refractivity contribution in [3.8, 4) is 0 Å². The van der Waals surface area contributed by atoms with Gasteiger partial charge in [-0.25, -0.2) is 4.39 Å². The average molecular weight is 446 g/mol. The molecule has 9 heteroatoms. The Morgan fingerprint density at radius 3 is 2.44 bits per heavy atom. The highest BCUT2D eigenvalue weighted by Gasteiger charge is 2.30. The monoisotopic (exact) mass is 445 g/mol.